The van der Waals surface area contributed by atoms with Gasteiger partial charge in [0.15, 0.2) is 0 Å². The van der Waals surface area contributed by atoms with Gasteiger partial charge in [-0.2, -0.15) is 0 Å². The first-order valence-electron chi connectivity index (χ1n) is 8.08. The molecule has 1 aliphatic heterocycles. The Bertz CT molecular complexity index is 630. The van der Waals surface area contributed by atoms with Crippen molar-refractivity contribution in [3.8, 4) is 5.75 Å². The van der Waals surface area contributed by atoms with Crippen molar-refractivity contribution < 1.29 is 9.53 Å². The highest BCUT2D eigenvalue weighted by molar-refractivity contribution is 5.88. The Kier molecular flexibility index (Phi) is 4.32. The Hall–Kier alpha value is -2.03. The zero-order valence-corrected chi connectivity index (χ0v) is 13.2. The second kappa shape index (κ2) is 6.39. The lowest BCUT2D eigenvalue weighted by atomic mass is 9.88. The molecule has 1 saturated heterocycles. The van der Waals surface area contributed by atoms with E-state index in [1.54, 1.807) is 7.11 Å². The van der Waals surface area contributed by atoms with E-state index in [4.69, 9.17) is 4.74 Å². The second-order valence-electron chi connectivity index (χ2n) is 5.98. The average Bonchev–Trinajstić information content (AvgIpc) is 2.77. The molecule has 1 amide bonds. The van der Waals surface area contributed by atoms with E-state index in [-0.39, 0.29) is 5.91 Å². The number of ether oxygens (including phenoxy) is 1. The highest BCUT2D eigenvalue weighted by atomic mass is 16.5. The summed E-state index contributed by atoms with van der Waals surface area (Å²) in [5.41, 5.74) is 4.44. The molecule has 3 nitrogen and oxygen atoms in total. The lowest BCUT2D eigenvalue weighted by molar-refractivity contribution is -0.128. The predicted octanol–water partition coefficient (Wildman–Crippen LogP) is 3.94. The van der Waals surface area contributed by atoms with Crippen LogP contribution in [0, 0.1) is 0 Å². The van der Waals surface area contributed by atoms with Crippen molar-refractivity contribution in [3.63, 3.8) is 0 Å². The molecule has 22 heavy (non-hydrogen) atoms. The third-order valence-electron chi connectivity index (χ3n) is 4.57. The van der Waals surface area contributed by atoms with Gasteiger partial charge in [0, 0.05) is 24.2 Å². The number of nitrogens with zero attached hydrogens (tertiary/aromatic N) is 1. The van der Waals surface area contributed by atoms with Crippen LogP contribution in [0.25, 0.3) is 5.57 Å². The number of carbonyl (C=O) groups is 1. The van der Waals surface area contributed by atoms with E-state index in [0.29, 0.717) is 6.42 Å². The van der Waals surface area contributed by atoms with Crippen molar-refractivity contribution in [1.82, 2.24) is 4.90 Å². The fraction of sp³-hybridized carbons (Fsp3) is 0.421. The van der Waals surface area contributed by atoms with Crippen LogP contribution in [0.2, 0.25) is 0 Å². The number of carbonyl (C=O) groups excluding carboxylic acids is 1. The molecular weight excluding hydrogens is 274 g/mol. The normalized spacial score (nSPS) is 18.3. The highest BCUT2D eigenvalue weighted by Gasteiger charge is 2.24. The number of hydrogen-bond donors (Lipinski definition) is 0. The third-order valence-corrected chi connectivity index (χ3v) is 4.57. The lowest BCUT2D eigenvalue weighted by Gasteiger charge is -2.28. The van der Waals surface area contributed by atoms with Gasteiger partial charge >= 0.3 is 0 Å². The molecule has 0 bridgehead atoms. The van der Waals surface area contributed by atoms with Crippen LogP contribution in [0.1, 0.15) is 43.2 Å². The lowest BCUT2D eigenvalue weighted by Crippen LogP contribution is -2.30. The quantitative estimate of drug-likeness (QED) is 0.845. The number of likely N-dealkylation sites (tertiary alicyclic amines) is 1. The first kappa shape index (κ1) is 14.9. The molecule has 116 valence electrons. The molecule has 2 aliphatic rings. The summed E-state index contributed by atoms with van der Waals surface area (Å²) in [6.45, 7) is 5.03. The summed E-state index contributed by atoms with van der Waals surface area (Å²) >= 11 is 0. The van der Waals surface area contributed by atoms with Gasteiger partial charge in [-0.1, -0.05) is 25.1 Å². The molecule has 1 fully saturated rings. The summed E-state index contributed by atoms with van der Waals surface area (Å²) in [7, 11) is 1.69. The maximum atomic E-state index is 12.3. The monoisotopic (exact) mass is 297 g/mol. The predicted molar refractivity (Wildman–Crippen MR) is 88.6 cm³/mol. The largest absolute Gasteiger partial charge is 0.497 e. The van der Waals surface area contributed by atoms with Gasteiger partial charge in [0.05, 0.1) is 7.11 Å². The molecule has 0 N–H and O–H groups in total. The van der Waals surface area contributed by atoms with Crippen LogP contribution in [-0.4, -0.2) is 24.5 Å². The molecule has 3 rings (SSSR count). The summed E-state index contributed by atoms with van der Waals surface area (Å²) < 4.78 is 5.32. The van der Waals surface area contributed by atoms with Crippen molar-refractivity contribution in [1.29, 1.82) is 0 Å². The van der Waals surface area contributed by atoms with Gasteiger partial charge in [-0.05, 0) is 48.9 Å². The minimum absolute atomic E-state index is 0.212. The number of methoxy groups -OCH3 is 1. The average molecular weight is 297 g/mol. The van der Waals surface area contributed by atoms with Gasteiger partial charge in [0.1, 0.15) is 5.75 Å². The second-order valence-corrected chi connectivity index (χ2v) is 5.98. The standard InChI is InChI=1S/C19H23NO2/c1-14(20-12-5-3-4-9-19(20)21)17-8-6-7-15-13-16(22-2)10-11-18(15)17/h8,10-11,13H,1,3-7,9,12H2,2H3. The fourth-order valence-electron chi connectivity index (χ4n) is 3.34. The summed E-state index contributed by atoms with van der Waals surface area (Å²) in [4.78, 5) is 14.2. The van der Waals surface area contributed by atoms with E-state index in [0.717, 1.165) is 55.7 Å². The van der Waals surface area contributed by atoms with E-state index in [1.165, 1.54) is 11.1 Å². The van der Waals surface area contributed by atoms with Crippen LogP contribution in [0.15, 0.2) is 36.6 Å². The molecule has 0 radical (unpaired) electrons. The molecule has 1 heterocycles. The zero-order valence-electron chi connectivity index (χ0n) is 13.2. The van der Waals surface area contributed by atoms with Crippen molar-refractivity contribution in [2.24, 2.45) is 0 Å². The number of hydrogen-bond acceptors (Lipinski definition) is 2. The molecule has 0 atom stereocenters. The van der Waals surface area contributed by atoms with Crippen molar-refractivity contribution in [3.05, 3.63) is 47.7 Å². The van der Waals surface area contributed by atoms with Gasteiger partial charge in [0.25, 0.3) is 0 Å². The van der Waals surface area contributed by atoms with E-state index in [2.05, 4.69) is 24.8 Å². The van der Waals surface area contributed by atoms with Gasteiger partial charge in [-0.25, -0.2) is 0 Å². The topological polar surface area (TPSA) is 29.5 Å². The molecule has 0 aromatic heterocycles. The van der Waals surface area contributed by atoms with E-state index in [9.17, 15) is 4.79 Å². The van der Waals surface area contributed by atoms with Crippen LogP contribution >= 0.6 is 0 Å². The molecule has 1 aliphatic carbocycles. The first-order chi connectivity index (χ1) is 10.7. The Morgan fingerprint density at radius 2 is 2.09 bits per heavy atom. The minimum atomic E-state index is 0.212. The zero-order chi connectivity index (χ0) is 15.5. The summed E-state index contributed by atoms with van der Waals surface area (Å²) in [5, 5.41) is 0. The van der Waals surface area contributed by atoms with Gasteiger partial charge in [0.2, 0.25) is 5.91 Å². The SMILES string of the molecule is C=C(C1=CCCc2cc(OC)ccc21)N1CCCCCC1=O. The third kappa shape index (κ3) is 2.80. The minimum Gasteiger partial charge on any atom is -0.497 e. The van der Waals surface area contributed by atoms with Gasteiger partial charge < -0.3 is 9.64 Å². The van der Waals surface area contributed by atoms with Crippen LogP contribution in [0.5, 0.6) is 5.75 Å². The van der Waals surface area contributed by atoms with Crippen LogP contribution in [0.4, 0.5) is 0 Å². The Morgan fingerprint density at radius 1 is 1.23 bits per heavy atom. The van der Waals surface area contributed by atoms with Crippen molar-refractivity contribution in [2.75, 3.05) is 13.7 Å². The number of amides is 1. The summed E-state index contributed by atoms with van der Waals surface area (Å²) in [5.74, 6) is 1.10. The van der Waals surface area contributed by atoms with Gasteiger partial charge in [-0.3, -0.25) is 4.79 Å². The van der Waals surface area contributed by atoms with E-state index < -0.39 is 0 Å². The number of allylic oxidation sites excluding steroid dienone is 2. The maximum absolute atomic E-state index is 12.3. The van der Waals surface area contributed by atoms with E-state index >= 15 is 0 Å². The Balaban J connectivity index is 1.90. The Labute approximate surface area is 132 Å². The molecule has 0 spiro atoms. The van der Waals surface area contributed by atoms with Crippen LogP contribution < -0.4 is 4.74 Å². The van der Waals surface area contributed by atoms with Crippen LogP contribution in [0.3, 0.4) is 0 Å². The van der Waals surface area contributed by atoms with Crippen molar-refractivity contribution >= 4 is 11.5 Å². The molecule has 0 saturated carbocycles. The maximum Gasteiger partial charge on any atom is 0.226 e. The smallest absolute Gasteiger partial charge is 0.226 e. The molecule has 0 unspecified atom stereocenters. The summed E-state index contributed by atoms with van der Waals surface area (Å²) in [6, 6.07) is 6.17. The first-order valence-corrected chi connectivity index (χ1v) is 8.08. The molecular formula is C19H23NO2. The van der Waals surface area contributed by atoms with Gasteiger partial charge in [-0.15, -0.1) is 0 Å². The summed E-state index contributed by atoms with van der Waals surface area (Å²) in [6.07, 6.45) is 8.04. The molecule has 1 aromatic rings. The number of fused-ring (bicyclic) bond motifs is 1. The fourth-order valence-corrected chi connectivity index (χ4v) is 3.34. The van der Waals surface area contributed by atoms with Crippen molar-refractivity contribution in [2.45, 2.75) is 38.5 Å². The molecule has 3 heteroatoms. The molecule has 1 aromatic carbocycles. The number of benzene rings is 1. The number of rotatable bonds is 3. The Morgan fingerprint density at radius 3 is 2.91 bits per heavy atom. The van der Waals surface area contributed by atoms with Crippen LogP contribution in [-0.2, 0) is 11.2 Å². The van der Waals surface area contributed by atoms with E-state index in [1.807, 2.05) is 11.0 Å². The number of aryl methyl sites for hydroxylation is 1. The highest BCUT2D eigenvalue weighted by Crippen LogP contribution is 2.35.